The summed E-state index contributed by atoms with van der Waals surface area (Å²) in [5.74, 6) is 1.20. The molecular weight excluding hydrogens is 657 g/mol. The van der Waals surface area contributed by atoms with E-state index >= 15 is 0 Å². The summed E-state index contributed by atoms with van der Waals surface area (Å²) >= 11 is 0. The highest BCUT2D eigenvalue weighted by molar-refractivity contribution is 4.82. The van der Waals surface area contributed by atoms with Gasteiger partial charge in [-0.2, -0.15) is 0 Å². The maximum Gasteiger partial charge on any atom is 0.0822 e. The summed E-state index contributed by atoms with van der Waals surface area (Å²) in [4.78, 5) is 0. The van der Waals surface area contributed by atoms with Crippen molar-refractivity contribution in [1.29, 1.82) is 0 Å². The molecule has 0 saturated heterocycles. The molecule has 4 heteroatoms. The van der Waals surface area contributed by atoms with Gasteiger partial charge in [0.05, 0.1) is 53.4 Å². The minimum Gasteiger partial charge on any atom is -0.330 e. The maximum atomic E-state index is 6.14. The minimum absolute atomic E-state index is 0.599. The summed E-state index contributed by atoms with van der Waals surface area (Å²) in [5, 5.41) is 0. The number of rotatable bonds is 43. The van der Waals surface area contributed by atoms with Crippen LogP contribution in [0.3, 0.4) is 0 Å². The Kier molecular flexibility index (Phi) is 38.7. The van der Waals surface area contributed by atoms with Crippen LogP contribution in [0.5, 0.6) is 0 Å². The van der Waals surface area contributed by atoms with Crippen LogP contribution in [-0.2, 0) is 0 Å². The van der Waals surface area contributed by atoms with E-state index in [1.807, 2.05) is 0 Å². The largest absolute Gasteiger partial charge is 0.330 e. The first kappa shape index (κ1) is 53.3. The molecule has 0 radical (unpaired) electrons. The normalized spacial score (nSPS) is 15.6. The average Bonchev–Trinajstić information content (AvgIpc) is 3.16. The lowest BCUT2D eigenvalue weighted by Gasteiger charge is -2.39. The van der Waals surface area contributed by atoms with Gasteiger partial charge in [-0.05, 0) is 77.0 Å². The third-order valence-electron chi connectivity index (χ3n) is 12.4. The molecule has 0 fully saturated rings. The Labute approximate surface area is 342 Å². The second-order valence-corrected chi connectivity index (χ2v) is 18.8. The highest BCUT2D eigenvalue weighted by Crippen LogP contribution is 2.19. The molecule has 0 amide bonds. The van der Waals surface area contributed by atoms with Gasteiger partial charge in [0.15, 0.2) is 0 Å². The van der Waals surface area contributed by atoms with E-state index in [4.69, 9.17) is 11.5 Å². The molecular formula is C50H104N4+2. The fraction of sp³-hybridized carbons (Fsp3) is 0.920. The van der Waals surface area contributed by atoms with Gasteiger partial charge in [0.25, 0.3) is 0 Å². The van der Waals surface area contributed by atoms with Gasteiger partial charge in [0.1, 0.15) is 0 Å². The number of hydrogen-bond donors (Lipinski definition) is 2. The first-order chi connectivity index (χ1) is 26.2. The Morgan fingerprint density at radius 1 is 0.352 bits per heavy atom. The lowest BCUT2D eigenvalue weighted by molar-refractivity contribution is -0.918. The number of unbranched alkanes of at least 4 members (excludes halogenated alkanes) is 25. The summed E-state index contributed by atoms with van der Waals surface area (Å²) in [6, 6.07) is 0. The van der Waals surface area contributed by atoms with Gasteiger partial charge in [-0.3, -0.25) is 0 Å². The Morgan fingerprint density at radius 3 is 0.833 bits per heavy atom. The van der Waals surface area contributed by atoms with E-state index < -0.39 is 0 Å². The van der Waals surface area contributed by atoms with Gasteiger partial charge in [-0.15, -0.1) is 0 Å². The number of nitrogens with zero attached hydrogens (tertiary/aromatic N) is 2. The van der Waals surface area contributed by atoms with Crippen LogP contribution >= 0.6 is 0 Å². The molecule has 0 aromatic heterocycles. The van der Waals surface area contributed by atoms with Gasteiger partial charge in [0, 0.05) is 37.8 Å². The molecule has 4 nitrogen and oxygen atoms in total. The van der Waals surface area contributed by atoms with Crippen LogP contribution < -0.4 is 11.5 Å². The highest BCUT2D eigenvalue weighted by atomic mass is 15.3. The van der Waals surface area contributed by atoms with Crippen molar-refractivity contribution in [2.75, 3.05) is 66.5 Å². The molecule has 0 aromatic carbocycles. The van der Waals surface area contributed by atoms with Crippen molar-refractivity contribution < 1.29 is 8.97 Å². The third kappa shape index (κ3) is 35.7. The molecule has 0 aliphatic rings. The Balaban J connectivity index is 4.33. The molecule has 4 N–H and O–H groups in total. The molecule has 0 heterocycles. The van der Waals surface area contributed by atoms with E-state index in [0.29, 0.717) is 11.8 Å². The van der Waals surface area contributed by atoms with E-state index in [0.717, 1.165) is 13.1 Å². The highest BCUT2D eigenvalue weighted by Gasteiger charge is 2.26. The molecule has 0 aromatic rings. The lowest BCUT2D eigenvalue weighted by Crippen LogP contribution is -2.51. The molecule has 0 aliphatic heterocycles. The summed E-state index contributed by atoms with van der Waals surface area (Å²) < 4.78 is 2.42. The van der Waals surface area contributed by atoms with Crippen LogP contribution in [-0.4, -0.2) is 75.4 Å². The Morgan fingerprint density at radius 2 is 0.574 bits per heavy atom. The molecule has 4 atom stereocenters. The molecule has 0 rings (SSSR count). The van der Waals surface area contributed by atoms with Crippen LogP contribution in [0.4, 0.5) is 0 Å². The van der Waals surface area contributed by atoms with E-state index in [1.165, 1.54) is 241 Å². The smallest absolute Gasteiger partial charge is 0.0822 e. The topological polar surface area (TPSA) is 52.0 Å². The van der Waals surface area contributed by atoms with Gasteiger partial charge < -0.3 is 20.4 Å². The van der Waals surface area contributed by atoms with Crippen molar-refractivity contribution >= 4 is 0 Å². The zero-order valence-electron chi connectivity index (χ0n) is 38.4. The second-order valence-electron chi connectivity index (χ2n) is 18.8. The molecule has 0 aliphatic carbocycles. The summed E-state index contributed by atoms with van der Waals surface area (Å²) in [6.45, 7) is 18.6. The summed E-state index contributed by atoms with van der Waals surface area (Å²) in [7, 11) is 5.06. The average molecular weight is 761 g/mol. The first-order valence-electron chi connectivity index (χ1n) is 24.6. The van der Waals surface area contributed by atoms with Crippen LogP contribution in [0.2, 0.25) is 0 Å². The Hall–Kier alpha value is -0.680. The van der Waals surface area contributed by atoms with Crippen molar-refractivity contribution in [3.8, 4) is 0 Å². The van der Waals surface area contributed by atoms with Crippen molar-refractivity contribution in [2.24, 2.45) is 23.3 Å². The van der Waals surface area contributed by atoms with Crippen molar-refractivity contribution in [3.63, 3.8) is 0 Å². The predicted octanol–water partition coefficient (Wildman–Crippen LogP) is 13.9. The molecule has 0 spiro atoms. The van der Waals surface area contributed by atoms with Gasteiger partial charge in [-0.25, -0.2) is 0 Å². The summed E-state index contributed by atoms with van der Waals surface area (Å²) in [6.07, 6.45) is 51.1. The molecule has 4 unspecified atom stereocenters. The van der Waals surface area contributed by atoms with E-state index in [-0.39, 0.29) is 0 Å². The number of hydrogen-bond acceptors (Lipinski definition) is 2. The SMILES string of the molecule is CCCCCCCC/C=C\CCCCCCCC[N+](C)(CCCC[N+](C)(CCCCCCCC/C=C\CCCCCCCC)CC(C)CN)CC(C)CN. The molecule has 0 bridgehead atoms. The number of allylic oxidation sites excluding steroid dienone is 4. The van der Waals surface area contributed by atoms with E-state index in [2.05, 4.69) is 66.1 Å². The standard InChI is InChI=1S/C50H104N4/c1-7-9-11-13-15-17-19-21-23-25-27-29-31-33-35-37-41-53(5,47-49(3)45-51)43-39-40-44-54(6,48-50(4)46-52)42-38-36-34-32-30-28-26-24-22-20-18-16-14-12-10-8-2/h21-24,49-50H,7-20,25-48,51-52H2,1-6H3/q+2/b23-21-,24-22-. The van der Waals surface area contributed by atoms with Gasteiger partial charge in [-0.1, -0.05) is 155 Å². The zero-order chi connectivity index (χ0) is 39.9. The fourth-order valence-corrected chi connectivity index (χ4v) is 8.71. The minimum atomic E-state index is 0.599. The van der Waals surface area contributed by atoms with Crippen LogP contribution in [0, 0.1) is 11.8 Å². The monoisotopic (exact) mass is 761 g/mol. The van der Waals surface area contributed by atoms with Crippen LogP contribution in [0.25, 0.3) is 0 Å². The molecule has 0 saturated carbocycles. The van der Waals surface area contributed by atoms with Crippen LogP contribution in [0.15, 0.2) is 24.3 Å². The zero-order valence-corrected chi connectivity index (χ0v) is 38.4. The second kappa shape index (κ2) is 39.2. The van der Waals surface area contributed by atoms with Crippen molar-refractivity contribution in [2.45, 2.75) is 220 Å². The maximum absolute atomic E-state index is 6.14. The van der Waals surface area contributed by atoms with Gasteiger partial charge >= 0.3 is 0 Å². The predicted molar refractivity (Wildman–Crippen MR) is 246 cm³/mol. The van der Waals surface area contributed by atoms with E-state index in [1.54, 1.807) is 0 Å². The van der Waals surface area contributed by atoms with Gasteiger partial charge in [0.2, 0.25) is 0 Å². The van der Waals surface area contributed by atoms with Crippen molar-refractivity contribution in [1.82, 2.24) is 0 Å². The first-order valence-corrected chi connectivity index (χ1v) is 24.6. The third-order valence-corrected chi connectivity index (χ3v) is 12.4. The van der Waals surface area contributed by atoms with Crippen molar-refractivity contribution in [3.05, 3.63) is 24.3 Å². The lowest BCUT2D eigenvalue weighted by atomic mass is 10.1. The summed E-state index contributed by atoms with van der Waals surface area (Å²) in [5.41, 5.74) is 12.3. The van der Waals surface area contributed by atoms with Crippen LogP contribution in [0.1, 0.15) is 220 Å². The number of nitrogens with two attached hydrogens (primary N) is 2. The quantitative estimate of drug-likeness (QED) is 0.0369. The van der Waals surface area contributed by atoms with E-state index in [9.17, 15) is 0 Å². The molecule has 54 heavy (non-hydrogen) atoms. The molecule has 322 valence electrons. The number of quaternary nitrogens is 2. The Bertz CT molecular complexity index is 744. The fourth-order valence-electron chi connectivity index (χ4n) is 8.71.